The Kier molecular flexibility index (Phi) is 7.48. The van der Waals surface area contributed by atoms with E-state index in [9.17, 15) is 4.79 Å². The summed E-state index contributed by atoms with van der Waals surface area (Å²) < 4.78 is 7.48. The van der Waals surface area contributed by atoms with Crippen LogP contribution in [0.2, 0.25) is 0 Å². The summed E-state index contributed by atoms with van der Waals surface area (Å²) in [4.78, 5) is 16.5. The number of rotatable bonds is 6. The second kappa shape index (κ2) is 10.1. The van der Waals surface area contributed by atoms with Crippen LogP contribution in [0.1, 0.15) is 24.8 Å². The Hall–Kier alpha value is -2.14. The molecule has 156 valence electrons. The molecule has 1 amide bonds. The van der Waals surface area contributed by atoms with Gasteiger partial charge in [-0.2, -0.15) is 5.10 Å². The van der Waals surface area contributed by atoms with E-state index in [1.165, 1.54) is 6.42 Å². The molecule has 2 fully saturated rings. The summed E-state index contributed by atoms with van der Waals surface area (Å²) in [5.41, 5.74) is 1.82. The van der Waals surface area contributed by atoms with Gasteiger partial charge in [-0.05, 0) is 43.0 Å². The minimum Gasteiger partial charge on any atom is -0.373 e. The summed E-state index contributed by atoms with van der Waals surface area (Å²) in [7, 11) is 1.77. The number of aliphatic imine (C=N–C) groups is 1. The van der Waals surface area contributed by atoms with Gasteiger partial charge >= 0.3 is 0 Å². The van der Waals surface area contributed by atoms with Crippen LogP contribution < -0.4 is 16.0 Å². The molecule has 3 heterocycles. The van der Waals surface area contributed by atoms with E-state index >= 15 is 0 Å². The Morgan fingerprint density at radius 2 is 2.24 bits per heavy atom. The molecule has 0 spiro atoms. The first kappa shape index (κ1) is 21.6. The maximum absolute atomic E-state index is 12.1. The smallest absolute Gasteiger partial charge is 0.246 e. The van der Waals surface area contributed by atoms with Crippen LogP contribution >= 0.6 is 24.0 Å². The molecular weight excluding hydrogens is 483 g/mol. The number of anilines is 1. The molecule has 3 N–H and O–H groups in total. The van der Waals surface area contributed by atoms with Gasteiger partial charge in [-0.15, -0.1) is 24.0 Å². The van der Waals surface area contributed by atoms with E-state index in [4.69, 9.17) is 4.74 Å². The SMILES string of the molecule is CN=C(NCc1cccc(NC(=O)Cn2cccn2)c1)NC1CC2CCC1O2.I. The molecule has 1 aromatic carbocycles. The van der Waals surface area contributed by atoms with E-state index in [0.717, 1.165) is 30.1 Å². The first-order chi connectivity index (χ1) is 13.7. The topological polar surface area (TPSA) is 92.6 Å². The lowest BCUT2D eigenvalue weighted by Gasteiger charge is -2.22. The average molecular weight is 510 g/mol. The summed E-state index contributed by atoms with van der Waals surface area (Å²) >= 11 is 0. The lowest BCUT2D eigenvalue weighted by atomic mass is 9.96. The summed E-state index contributed by atoms with van der Waals surface area (Å²) in [5, 5.41) is 13.8. The number of carbonyl (C=O) groups excluding carboxylic acids is 1. The van der Waals surface area contributed by atoms with Crippen molar-refractivity contribution in [1.82, 2.24) is 20.4 Å². The number of benzene rings is 1. The Bertz CT molecular complexity index is 841. The molecular formula is C20H27IN6O2. The zero-order valence-corrected chi connectivity index (χ0v) is 18.7. The molecule has 29 heavy (non-hydrogen) atoms. The quantitative estimate of drug-likeness (QED) is 0.315. The molecule has 0 aliphatic carbocycles. The van der Waals surface area contributed by atoms with Crippen molar-refractivity contribution < 1.29 is 9.53 Å². The van der Waals surface area contributed by atoms with E-state index in [2.05, 4.69) is 26.0 Å². The standard InChI is InChI=1S/C20H26N6O2.HI/c1-21-20(25-17-11-16-6-7-18(17)28-16)22-12-14-4-2-5-15(10-14)24-19(27)13-26-9-3-8-23-26;/h2-5,8-10,16-18H,6-7,11-13H2,1H3,(H,24,27)(H2,21,22,25);1H. The fraction of sp³-hybridized carbons (Fsp3) is 0.450. The van der Waals surface area contributed by atoms with Crippen molar-refractivity contribution in [2.24, 2.45) is 4.99 Å². The molecule has 8 nitrogen and oxygen atoms in total. The number of halogens is 1. The molecule has 2 aliphatic rings. The molecule has 4 rings (SSSR count). The lowest BCUT2D eigenvalue weighted by molar-refractivity contribution is -0.116. The number of guanidine groups is 1. The molecule has 0 saturated carbocycles. The highest BCUT2D eigenvalue weighted by atomic mass is 127. The first-order valence-corrected chi connectivity index (χ1v) is 9.68. The number of nitrogens with one attached hydrogen (secondary N) is 3. The van der Waals surface area contributed by atoms with Crippen LogP contribution in [0.15, 0.2) is 47.7 Å². The van der Waals surface area contributed by atoms with Crippen molar-refractivity contribution >= 4 is 41.5 Å². The number of amides is 1. The second-order valence-corrected chi connectivity index (χ2v) is 7.24. The number of fused-ring (bicyclic) bond motifs is 2. The van der Waals surface area contributed by atoms with Crippen molar-refractivity contribution in [1.29, 1.82) is 0 Å². The van der Waals surface area contributed by atoms with Gasteiger partial charge in [0, 0.05) is 31.7 Å². The second-order valence-electron chi connectivity index (χ2n) is 7.24. The van der Waals surface area contributed by atoms with Crippen LogP contribution in [0, 0.1) is 0 Å². The molecule has 3 atom stereocenters. The van der Waals surface area contributed by atoms with Crippen LogP contribution in [0.3, 0.4) is 0 Å². The largest absolute Gasteiger partial charge is 0.373 e. The van der Waals surface area contributed by atoms with Crippen LogP contribution in [0.4, 0.5) is 5.69 Å². The zero-order chi connectivity index (χ0) is 19.3. The molecule has 9 heteroatoms. The van der Waals surface area contributed by atoms with Gasteiger partial charge < -0.3 is 20.7 Å². The Balaban J connectivity index is 0.00000240. The molecule has 0 radical (unpaired) electrons. The molecule has 2 saturated heterocycles. The molecule has 3 unspecified atom stereocenters. The maximum Gasteiger partial charge on any atom is 0.246 e. The zero-order valence-electron chi connectivity index (χ0n) is 16.4. The monoisotopic (exact) mass is 510 g/mol. The number of nitrogens with zero attached hydrogens (tertiary/aromatic N) is 3. The van der Waals surface area contributed by atoms with Crippen LogP contribution in [-0.4, -0.2) is 46.9 Å². The third-order valence-corrected chi connectivity index (χ3v) is 5.19. The predicted octanol–water partition coefficient (Wildman–Crippen LogP) is 2.12. The Morgan fingerprint density at radius 1 is 1.34 bits per heavy atom. The summed E-state index contributed by atoms with van der Waals surface area (Å²) in [6.07, 6.45) is 7.47. The van der Waals surface area contributed by atoms with Crippen molar-refractivity contribution in [3.63, 3.8) is 0 Å². The van der Waals surface area contributed by atoms with Crippen LogP contribution in [-0.2, 0) is 22.6 Å². The van der Waals surface area contributed by atoms with Gasteiger partial charge in [0.1, 0.15) is 6.54 Å². The van der Waals surface area contributed by atoms with Gasteiger partial charge in [0.15, 0.2) is 5.96 Å². The van der Waals surface area contributed by atoms with E-state index in [0.29, 0.717) is 24.8 Å². The van der Waals surface area contributed by atoms with Crippen LogP contribution in [0.5, 0.6) is 0 Å². The summed E-state index contributed by atoms with van der Waals surface area (Å²) in [6.45, 7) is 0.807. The van der Waals surface area contributed by atoms with Crippen molar-refractivity contribution in [2.45, 2.75) is 50.6 Å². The highest BCUT2D eigenvalue weighted by Crippen LogP contribution is 2.34. The molecule has 1 aromatic heterocycles. The van der Waals surface area contributed by atoms with Crippen LogP contribution in [0.25, 0.3) is 0 Å². The van der Waals surface area contributed by atoms with Crippen molar-refractivity contribution in [3.05, 3.63) is 48.3 Å². The number of hydrogen-bond acceptors (Lipinski definition) is 4. The Morgan fingerprint density at radius 3 is 2.93 bits per heavy atom. The number of ether oxygens (including phenoxy) is 1. The third kappa shape index (κ3) is 5.69. The van der Waals surface area contributed by atoms with Gasteiger partial charge in [0.05, 0.1) is 18.2 Å². The Labute approximate surface area is 187 Å². The van der Waals surface area contributed by atoms with Gasteiger partial charge in [-0.1, -0.05) is 12.1 Å². The van der Waals surface area contributed by atoms with E-state index in [-0.39, 0.29) is 36.4 Å². The minimum absolute atomic E-state index is 0. The number of hydrogen-bond donors (Lipinski definition) is 3. The van der Waals surface area contributed by atoms with Gasteiger partial charge in [-0.25, -0.2) is 0 Å². The summed E-state index contributed by atoms with van der Waals surface area (Å²) in [6, 6.07) is 9.91. The average Bonchev–Trinajstić information content (AvgIpc) is 3.44. The van der Waals surface area contributed by atoms with E-state index < -0.39 is 0 Å². The minimum atomic E-state index is -0.109. The van der Waals surface area contributed by atoms with Gasteiger partial charge in [0.25, 0.3) is 0 Å². The molecule has 2 aliphatic heterocycles. The highest BCUT2D eigenvalue weighted by Gasteiger charge is 2.41. The van der Waals surface area contributed by atoms with E-state index in [1.54, 1.807) is 30.2 Å². The van der Waals surface area contributed by atoms with E-state index in [1.807, 2.05) is 24.3 Å². The molecule has 2 aromatic rings. The van der Waals surface area contributed by atoms with Gasteiger partial charge in [-0.3, -0.25) is 14.5 Å². The van der Waals surface area contributed by atoms with Crippen molar-refractivity contribution in [3.8, 4) is 0 Å². The normalized spacial score (nSPS) is 22.8. The fourth-order valence-electron chi connectivity index (χ4n) is 3.85. The third-order valence-electron chi connectivity index (χ3n) is 5.19. The van der Waals surface area contributed by atoms with Crippen molar-refractivity contribution in [2.75, 3.05) is 12.4 Å². The summed E-state index contributed by atoms with van der Waals surface area (Å²) in [5.74, 6) is 0.664. The first-order valence-electron chi connectivity index (χ1n) is 9.68. The lowest BCUT2D eigenvalue weighted by Crippen LogP contribution is -2.47. The molecule has 2 bridgehead atoms. The predicted molar refractivity (Wildman–Crippen MR) is 122 cm³/mol. The number of aromatic nitrogens is 2. The highest BCUT2D eigenvalue weighted by molar-refractivity contribution is 14.0. The van der Waals surface area contributed by atoms with Gasteiger partial charge in [0.2, 0.25) is 5.91 Å². The number of carbonyl (C=O) groups is 1. The maximum atomic E-state index is 12.1. The fourth-order valence-corrected chi connectivity index (χ4v) is 3.85.